The van der Waals surface area contributed by atoms with Gasteiger partial charge in [-0.3, -0.25) is 4.79 Å². The van der Waals surface area contributed by atoms with Crippen LogP contribution in [0.1, 0.15) is 10.5 Å². The molecule has 0 radical (unpaired) electrons. The van der Waals surface area contributed by atoms with Crippen molar-refractivity contribution in [3.05, 3.63) is 88.7 Å². The average molecular weight is 479 g/mol. The molecule has 166 valence electrons. The zero-order valence-corrected chi connectivity index (χ0v) is 19.1. The monoisotopic (exact) mass is 478 g/mol. The molecule has 1 aliphatic rings. The number of carbonyl (C=O) groups is 1. The summed E-state index contributed by atoms with van der Waals surface area (Å²) in [5, 5.41) is 13.8. The second-order valence-electron chi connectivity index (χ2n) is 7.66. The molecule has 4 aromatic rings. The predicted molar refractivity (Wildman–Crippen MR) is 129 cm³/mol. The smallest absolute Gasteiger partial charge is 0.272 e. The summed E-state index contributed by atoms with van der Waals surface area (Å²) in [5.41, 5.74) is 2.96. The molecule has 0 aliphatic carbocycles. The van der Waals surface area contributed by atoms with E-state index in [1.165, 1.54) is 0 Å². The molecule has 0 atom stereocenters. The zero-order valence-electron chi connectivity index (χ0n) is 17.6. The fraction of sp³-hybridized carbons (Fsp3) is 0.167. The van der Waals surface area contributed by atoms with Crippen molar-refractivity contribution in [3.63, 3.8) is 0 Å². The average Bonchev–Trinajstić information content (AvgIpc) is 3.31. The molecule has 1 aliphatic heterocycles. The van der Waals surface area contributed by atoms with Gasteiger partial charge in [0.1, 0.15) is 5.69 Å². The second-order valence-corrected chi connectivity index (χ2v) is 8.49. The van der Waals surface area contributed by atoms with Crippen LogP contribution in [-0.4, -0.2) is 57.0 Å². The van der Waals surface area contributed by atoms with Crippen molar-refractivity contribution in [2.45, 2.75) is 0 Å². The van der Waals surface area contributed by atoms with Crippen LogP contribution >= 0.6 is 23.2 Å². The molecule has 0 N–H and O–H groups in total. The van der Waals surface area contributed by atoms with Gasteiger partial charge in [0.25, 0.3) is 5.91 Å². The third-order valence-corrected chi connectivity index (χ3v) is 6.03. The standard InChI is InChI=1S/C24H20Cl2N6O/c25-18-8-6-17(7-9-18)20-16-21(32(29-20)19-4-2-1-3-5-19)24(33)31-14-12-30(13-15-31)23-11-10-22(26)27-28-23/h1-11,16H,12-15H2. The van der Waals surface area contributed by atoms with E-state index in [0.29, 0.717) is 47.7 Å². The molecule has 1 saturated heterocycles. The Morgan fingerprint density at radius 3 is 2.21 bits per heavy atom. The minimum atomic E-state index is -0.0617. The van der Waals surface area contributed by atoms with Crippen LogP contribution in [0.15, 0.2) is 72.8 Å². The lowest BCUT2D eigenvalue weighted by Crippen LogP contribution is -2.49. The number of nitrogens with zero attached hydrogens (tertiary/aromatic N) is 6. The maximum atomic E-state index is 13.6. The minimum Gasteiger partial charge on any atom is -0.352 e. The van der Waals surface area contributed by atoms with Crippen LogP contribution in [0.4, 0.5) is 5.82 Å². The van der Waals surface area contributed by atoms with Crippen molar-refractivity contribution >= 4 is 34.9 Å². The minimum absolute atomic E-state index is 0.0617. The molecular weight excluding hydrogens is 459 g/mol. The number of halogens is 2. The van der Waals surface area contributed by atoms with Crippen molar-refractivity contribution in [1.82, 2.24) is 24.9 Å². The zero-order chi connectivity index (χ0) is 22.8. The van der Waals surface area contributed by atoms with Crippen LogP contribution in [0.3, 0.4) is 0 Å². The van der Waals surface area contributed by atoms with Gasteiger partial charge in [-0.05, 0) is 42.5 Å². The lowest BCUT2D eigenvalue weighted by atomic mass is 10.1. The van der Waals surface area contributed by atoms with Crippen LogP contribution in [0.5, 0.6) is 0 Å². The normalized spacial score (nSPS) is 13.9. The summed E-state index contributed by atoms with van der Waals surface area (Å²) in [4.78, 5) is 17.5. The van der Waals surface area contributed by atoms with Crippen molar-refractivity contribution in [2.75, 3.05) is 31.1 Å². The Kier molecular flexibility index (Phi) is 5.98. The van der Waals surface area contributed by atoms with E-state index < -0.39 is 0 Å². The van der Waals surface area contributed by atoms with Gasteiger partial charge in [0.05, 0.1) is 11.4 Å². The summed E-state index contributed by atoms with van der Waals surface area (Å²) < 4.78 is 1.71. The molecule has 0 spiro atoms. The van der Waals surface area contributed by atoms with Crippen molar-refractivity contribution in [2.24, 2.45) is 0 Å². The Morgan fingerprint density at radius 1 is 0.818 bits per heavy atom. The van der Waals surface area contributed by atoms with Gasteiger partial charge in [-0.1, -0.05) is 53.5 Å². The van der Waals surface area contributed by atoms with Crippen LogP contribution in [0.25, 0.3) is 16.9 Å². The Bertz CT molecular complexity index is 1250. The molecule has 1 fully saturated rings. The summed E-state index contributed by atoms with van der Waals surface area (Å²) in [6.07, 6.45) is 0. The summed E-state index contributed by atoms with van der Waals surface area (Å²) >= 11 is 11.9. The summed E-state index contributed by atoms with van der Waals surface area (Å²) in [7, 11) is 0. The first-order valence-corrected chi connectivity index (χ1v) is 11.3. The van der Waals surface area contributed by atoms with E-state index in [1.54, 1.807) is 10.7 Å². The van der Waals surface area contributed by atoms with E-state index in [1.807, 2.05) is 71.6 Å². The summed E-state index contributed by atoms with van der Waals surface area (Å²) in [6, 6.07) is 22.5. The number of rotatable bonds is 4. The van der Waals surface area contributed by atoms with Gasteiger partial charge in [-0.2, -0.15) is 5.10 Å². The molecule has 33 heavy (non-hydrogen) atoms. The van der Waals surface area contributed by atoms with Crippen molar-refractivity contribution < 1.29 is 4.79 Å². The van der Waals surface area contributed by atoms with Gasteiger partial charge < -0.3 is 9.80 Å². The van der Waals surface area contributed by atoms with Crippen LogP contribution in [0.2, 0.25) is 10.2 Å². The van der Waals surface area contributed by atoms with Crippen LogP contribution in [-0.2, 0) is 0 Å². The number of hydrogen-bond acceptors (Lipinski definition) is 5. The number of anilines is 1. The number of para-hydroxylation sites is 1. The molecule has 0 saturated carbocycles. The fourth-order valence-electron chi connectivity index (χ4n) is 3.84. The maximum absolute atomic E-state index is 13.6. The molecule has 9 heteroatoms. The Hall–Kier alpha value is -3.42. The highest BCUT2D eigenvalue weighted by atomic mass is 35.5. The fourth-order valence-corrected chi connectivity index (χ4v) is 4.07. The van der Waals surface area contributed by atoms with E-state index in [0.717, 1.165) is 17.1 Å². The first kappa shape index (κ1) is 21.4. The first-order valence-electron chi connectivity index (χ1n) is 10.5. The number of carbonyl (C=O) groups excluding carboxylic acids is 1. The molecule has 2 aromatic carbocycles. The topological polar surface area (TPSA) is 67.2 Å². The van der Waals surface area contributed by atoms with E-state index in [2.05, 4.69) is 15.1 Å². The third-order valence-electron chi connectivity index (χ3n) is 5.58. The number of aromatic nitrogens is 4. The van der Waals surface area contributed by atoms with Gasteiger partial charge in [0.15, 0.2) is 11.0 Å². The number of amides is 1. The van der Waals surface area contributed by atoms with Gasteiger partial charge in [0, 0.05) is 36.8 Å². The van der Waals surface area contributed by atoms with Crippen LogP contribution in [0, 0.1) is 0 Å². The van der Waals surface area contributed by atoms with Crippen molar-refractivity contribution in [3.8, 4) is 16.9 Å². The Balaban J connectivity index is 1.41. The van der Waals surface area contributed by atoms with Gasteiger partial charge in [-0.15, -0.1) is 10.2 Å². The highest BCUT2D eigenvalue weighted by Gasteiger charge is 2.27. The van der Waals surface area contributed by atoms with Gasteiger partial charge >= 0.3 is 0 Å². The van der Waals surface area contributed by atoms with Gasteiger partial charge in [-0.25, -0.2) is 4.68 Å². The largest absolute Gasteiger partial charge is 0.352 e. The molecule has 0 bridgehead atoms. The molecule has 5 rings (SSSR count). The SMILES string of the molecule is O=C(c1cc(-c2ccc(Cl)cc2)nn1-c1ccccc1)N1CCN(c2ccc(Cl)nn2)CC1. The predicted octanol–water partition coefficient (Wildman–Crippen LogP) is 4.60. The highest BCUT2D eigenvalue weighted by molar-refractivity contribution is 6.30. The molecule has 7 nitrogen and oxygen atoms in total. The summed E-state index contributed by atoms with van der Waals surface area (Å²) in [5.74, 6) is 0.694. The molecule has 2 aromatic heterocycles. The molecule has 1 amide bonds. The Morgan fingerprint density at radius 2 is 1.55 bits per heavy atom. The first-order chi connectivity index (χ1) is 16.1. The van der Waals surface area contributed by atoms with E-state index >= 15 is 0 Å². The Labute approximate surface area is 201 Å². The second kappa shape index (κ2) is 9.21. The van der Waals surface area contributed by atoms with Crippen molar-refractivity contribution in [1.29, 1.82) is 0 Å². The highest BCUT2D eigenvalue weighted by Crippen LogP contribution is 2.25. The number of benzene rings is 2. The van der Waals surface area contributed by atoms with E-state index in [4.69, 9.17) is 28.3 Å². The lowest BCUT2D eigenvalue weighted by molar-refractivity contribution is 0.0737. The quantitative estimate of drug-likeness (QED) is 0.428. The molecule has 3 heterocycles. The summed E-state index contributed by atoms with van der Waals surface area (Å²) in [6.45, 7) is 2.45. The lowest BCUT2D eigenvalue weighted by Gasteiger charge is -2.35. The van der Waals surface area contributed by atoms with Crippen LogP contribution < -0.4 is 4.90 Å². The molecular formula is C24H20Cl2N6O. The molecule has 0 unspecified atom stereocenters. The maximum Gasteiger partial charge on any atom is 0.272 e. The van der Waals surface area contributed by atoms with E-state index in [-0.39, 0.29) is 5.91 Å². The third kappa shape index (κ3) is 4.55. The number of piperazine rings is 1. The number of hydrogen-bond donors (Lipinski definition) is 0. The van der Waals surface area contributed by atoms with Gasteiger partial charge in [0.2, 0.25) is 0 Å². The van der Waals surface area contributed by atoms with E-state index in [9.17, 15) is 4.79 Å².